The Morgan fingerprint density at radius 1 is 1.23 bits per heavy atom. The summed E-state index contributed by atoms with van der Waals surface area (Å²) in [7, 11) is 0. The molecular formula is C21H34O. The van der Waals surface area contributed by atoms with E-state index in [1.807, 2.05) is 0 Å². The molecule has 0 amide bonds. The molecule has 0 aliphatic heterocycles. The fraction of sp³-hybridized carbons (Fsp3) is 0.810. The molecule has 0 aromatic heterocycles. The van der Waals surface area contributed by atoms with Gasteiger partial charge in [0.15, 0.2) is 0 Å². The van der Waals surface area contributed by atoms with E-state index in [1.165, 1.54) is 38.5 Å². The maximum absolute atomic E-state index is 10.8. The van der Waals surface area contributed by atoms with Crippen molar-refractivity contribution in [2.45, 2.75) is 78.7 Å². The quantitative estimate of drug-likeness (QED) is 0.667. The second-order valence-electron chi connectivity index (χ2n) is 9.00. The van der Waals surface area contributed by atoms with Gasteiger partial charge in [0.1, 0.15) is 0 Å². The van der Waals surface area contributed by atoms with E-state index < -0.39 is 0 Å². The molecule has 1 heteroatoms. The van der Waals surface area contributed by atoms with Crippen molar-refractivity contribution in [3.63, 3.8) is 0 Å². The van der Waals surface area contributed by atoms with Crippen molar-refractivity contribution < 1.29 is 5.11 Å². The fourth-order valence-electron chi connectivity index (χ4n) is 5.32. The van der Waals surface area contributed by atoms with E-state index in [2.05, 4.69) is 39.8 Å². The summed E-state index contributed by atoms with van der Waals surface area (Å²) in [6, 6.07) is 0. The molecule has 0 spiro atoms. The molecule has 1 saturated carbocycles. The molecule has 1 N–H and O–H groups in total. The van der Waals surface area contributed by atoms with Gasteiger partial charge in [-0.25, -0.2) is 0 Å². The Morgan fingerprint density at radius 2 is 2.00 bits per heavy atom. The third kappa shape index (κ3) is 3.07. The summed E-state index contributed by atoms with van der Waals surface area (Å²) in [5, 5.41) is 10.8. The lowest BCUT2D eigenvalue weighted by Crippen LogP contribution is -2.45. The first-order valence-corrected chi connectivity index (χ1v) is 9.47. The van der Waals surface area contributed by atoms with Crippen LogP contribution in [0.4, 0.5) is 0 Å². The van der Waals surface area contributed by atoms with Crippen molar-refractivity contribution in [2.75, 3.05) is 0 Å². The van der Waals surface area contributed by atoms with E-state index in [-0.39, 0.29) is 11.5 Å². The Morgan fingerprint density at radius 3 is 2.68 bits per heavy atom. The van der Waals surface area contributed by atoms with Crippen LogP contribution in [0.15, 0.2) is 23.3 Å². The molecule has 4 unspecified atom stereocenters. The molecule has 22 heavy (non-hydrogen) atoms. The largest absolute Gasteiger partial charge is 0.392 e. The Labute approximate surface area is 136 Å². The van der Waals surface area contributed by atoms with Gasteiger partial charge < -0.3 is 5.11 Å². The van der Waals surface area contributed by atoms with Gasteiger partial charge in [0.05, 0.1) is 6.10 Å². The highest BCUT2D eigenvalue weighted by Gasteiger charge is 2.45. The van der Waals surface area contributed by atoms with Crippen molar-refractivity contribution in [3.05, 3.63) is 23.3 Å². The van der Waals surface area contributed by atoms with Crippen LogP contribution in [0.2, 0.25) is 0 Å². The van der Waals surface area contributed by atoms with Crippen LogP contribution in [0, 0.1) is 29.1 Å². The minimum absolute atomic E-state index is 0.107. The molecule has 124 valence electrons. The maximum Gasteiger partial charge on any atom is 0.0608 e. The molecule has 0 aromatic rings. The number of fused-ring (bicyclic) bond motifs is 3. The molecule has 3 rings (SSSR count). The van der Waals surface area contributed by atoms with Gasteiger partial charge in [-0.05, 0) is 61.7 Å². The van der Waals surface area contributed by atoms with Gasteiger partial charge in [0, 0.05) is 5.92 Å². The Hall–Kier alpha value is -0.560. The molecule has 0 aromatic carbocycles. The van der Waals surface area contributed by atoms with Gasteiger partial charge in [-0.1, -0.05) is 57.4 Å². The van der Waals surface area contributed by atoms with Crippen molar-refractivity contribution in [2.24, 2.45) is 29.1 Å². The van der Waals surface area contributed by atoms with Gasteiger partial charge >= 0.3 is 0 Å². The predicted octanol–water partition coefficient (Wildman–Crippen LogP) is 5.50. The zero-order valence-electron chi connectivity index (χ0n) is 14.9. The van der Waals surface area contributed by atoms with E-state index >= 15 is 0 Å². The minimum Gasteiger partial charge on any atom is -0.392 e. The van der Waals surface area contributed by atoms with Crippen molar-refractivity contribution in [3.8, 4) is 0 Å². The number of hydrogen-bond acceptors (Lipinski definition) is 1. The molecule has 3 aliphatic carbocycles. The van der Waals surface area contributed by atoms with E-state index in [4.69, 9.17) is 0 Å². The average molecular weight is 303 g/mol. The molecule has 0 heterocycles. The zero-order valence-corrected chi connectivity index (χ0v) is 14.9. The lowest BCUT2D eigenvalue weighted by molar-refractivity contribution is -0.0215. The summed E-state index contributed by atoms with van der Waals surface area (Å²) in [5.41, 5.74) is 3.50. The molecule has 1 nitrogen and oxygen atoms in total. The number of rotatable bonds is 2. The van der Waals surface area contributed by atoms with E-state index in [9.17, 15) is 5.11 Å². The van der Waals surface area contributed by atoms with Crippen LogP contribution in [0.1, 0.15) is 72.6 Å². The third-order valence-electron chi connectivity index (χ3n) is 6.52. The van der Waals surface area contributed by atoms with Crippen LogP contribution in [-0.2, 0) is 0 Å². The highest BCUT2D eigenvalue weighted by molar-refractivity contribution is 5.21. The molecule has 3 aliphatic rings. The van der Waals surface area contributed by atoms with Crippen LogP contribution in [0.25, 0.3) is 0 Å². The van der Waals surface area contributed by atoms with Gasteiger partial charge in [0.25, 0.3) is 0 Å². The fourth-order valence-corrected chi connectivity index (χ4v) is 5.32. The zero-order chi connectivity index (χ0) is 15.9. The summed E-state index contributed by atoms with van der Waals surface area (Å²) >= 11 is 0. The summed E-state index contributed by atoms with van der Waals surface area (Å²) in [4.78, 5) is 0. The Balaban J connectivity index is 1.80. The summed E-state index contributed by atoms with van der Waals surface area (Å²) in [6.07, 6.45) is 13.5. The third-order valence-corrected chi connectivity index (χ3v) is 6.52. The first-order valence-electron chi connectivity index (χ1n) is 9.47. The van der Waals surface area contributed by atoms with Crippen molar-refractivity contribution in [1.29, 1.82) is 0 Å². The molecule has 0 radical (unpaired) electrons. The molecule has 5 atom stereocenters. The topological polar surface area (TPSA) is 20.2 Å². The number of hydrogen-bond donors (Lipinski definition) is 1. The first-order chi connectivity index (χ1) is 10.4. The standard InChI is InChI=1S/C21H34O/c1-5-6-14-7-9-17-15(11-14)12-20(22)19-13-16(21(2,3)4)8-10-18(17)19/h7,13,15,17-20,22H,5-6,8-12H2,1-4H3/t15-,17?,18?,19?,20?/m1/s1. The highest BCUT2D eigenvalue weighted by Crippen LogP contribution is 2.52. The molecule has 0 saturated heterocycles. The lowest BCUT2D eigenvalue weighted by atomic mass is 9.57. The van der Waals surface area contributed by atoms with Crippen LogP contribution in [0.5, 0.6) is 0 Å². The Kier molecular flexibility index (Phi) is 4.56. The number of aliphatic hydroxyl groups is 1. The van der Waals surface area contributed by atoms with Gasteiger partial charge in [-0.15, -0.1) is 0 Å². The van der Waals surface area contributed by atoms with Gasteiger partial charge in [-0.2, -0.15) is 0 Å². The van der Waals surface area contributed by atoms with E-state index in [0.29, 0.717) is 5.92 Å². The van der Waals surface area contributed by atoms with Crippen molar-refractivity contribution in [1.82, 2.24) is 0 Å². The predicted molar refractivity (Wildman–Crippen MR) is 93.6 cm³/mol. The highest BCUT2D eigenvalue weighted by atomic mass is 16.3. The average Bonchev–Trinajstić information content (AvgIpc) is 2.46. The maximum atomic E-state index is 10.8. The minimum atomic E-state index is -0.107. The van der Waals surface area contributed by atoms with Gasteiger partial charge in [0.2, 0.25) is 0 Å². The van der Waals surface area contributed by atoms with Crippen LogP contribution >= 0.6 is 0 Å². The molecule has 1 fully saturated rings. The SMILES string of the molecule is CCCC1=CCC2C3CCC(C(C)(C)C)=CC3C(O)C[C@H]2C1. The van der Waals surface area contributed by atoms with Crippen LogP contribution in [-0.4, -0.2) is 11.2 Å². The first kappa shape index (κ1) is 16.3. The van der Waals surface area contributed by atoms with Crippen LogP contribution in [0.3, 0.4) is 0 Å². The Bertz CT molecular complexity index is 465. The molecule has 0 bridgehead atoms. The number of aliphatic hydroxyl groups excluding tert-OH is 1. The smallest absolute Gasteiger partial charge is 0.0608 e. The van der Waals surface area contributed by atoms with Crippen molar-refractivity contribution >= 4 is 0 Å². The summed E-state index contributed by atoms with van der Waals surface area (Å²) < 4.78 is 0. The van der Waals surface area contributed by atoms with E-state index in [0.717, 1.165) is 24.2 Å². The number of allylic oxidation sites excluding steroid dienone is 3. The monoisotopic (exact) mass is 302 g/mol. The second-order valence-corrected chi connectivity index (χ2v) is 9.00. The second kappa shape index (κ2) is 6.15. The normalized spacial score (nSPS) is 38.7. The van der Waals surface area contributed by atoms with E-state index in [1.54, 1.807) is 11.1 Å². The van der Waals surface area contributed by atoms with Crippen LogP contribution < -0.4 is 0 Å². The van der Waals surface area contributed by atoms with Gasteiger partial charge in [-0.3, -0.25) is 0 Å². The summed E-state index contributed by atoms with van der Waals surface area (Å²) in [5.74, 6) is 2.71. The lowest BCUT2D eigenvalue weighted by Gasteiger charge is -2.49. The summed E-state index contributed by atoms with van der Waals surface area (Å²) in [6.45, 7) is 9.23. The molecular weight excluding hydrogens is 268 g/mol.